The van der Waals surface area contributed by atoms with Crippen LogP contribution in [0, 0.1) is 17.3 Å². The summed E-state index contributed by atoms with van der Waals surface area (Å²) >= 11 is 0. The molecule has 2 amide bonds. The van der Waals surface area contributed by atoms with Gasteiger partial charge in [-0.2, -0.15) is 0 Å². The first-order valence-electron chi connectivity index (χ1n) is 15.7. The fourth-order valence-electron chi connectivity index (χ4n) is 7.97. The highest BCUT2D eigenvalue weighted by Crippen LogP contribution is 2.60. The summed E-state index contributed by atoms with van der Waals surface area (Å²) in [6, 6.07) is 7.46. The minimum atomic E-state index is -1.19. The highest BCUT2D eigenvalue weighted by atomic mass is 16.6. The number of carbonyl (C=O) groups is 3. The zero-order valence-electron chi connectivity index (χ0n) is 26.6. The van der Waals surface area contributed by atoms with E-state index in [2.05, 4.69) is 33.9 Å². The lowest BCUT2D eigenvalue weighted by atomic mass is 9.70. The van der Waals surface area contributed by atoms with Crippen molar-refractivity contribution >= 4 is 17.8 Å². The molecule has 1 spiro atoms. The van der Waals surface area contributed by atoms with Crippen LogP contribution < -0.4 is 0 Å². The third-order valence-corrected chi connectivity index (χ3v) is 9.26. The van der Waals surface area contributed by atoms with E-state index in [4.69, 9.17) is 9.47 Å². The Morgan fingerprint density at radius 3 is 2.47 bits per heavy atom. The second kappa shape index (κ2) is 12.9. The predicted octanol–water partition coefficient (Wildman–Crippen LogP) is 5.22. The van der Waals surface area contributed by atoms with Crippen molar-refractivity contribution in [3.05, 3.63) is 61.2 Å². The van der Waals surface area contributed by atoms with Gasteiger partial charge in [0, 0.05) is 12.1 Å². The Morgan fingerprint density at radius 2 is 1.86 bits per heavy atom. The van der Waals surface area contributed by atoms with Crippen molar-refractivity contribution in [2.75, 3.05) is 19.8 Å². The largest absolute Gasteiger partial charge is 0.465 e. The molecule has 0 aromatic heterocycles. The molecule has 3 fully saturated rings. The summed E-state index contributed by atoms with van der Waals surface area (Å²) in [5.74, 6) is -2.71. The number of aliphatic hydroxyl groups is 1. The Labute approximate surface area is 257 Å². The number of amides is 2. The molecule has 0 radical (unpaired) electrons. The van der Waals surface area contributed by atoms with Crippen molar-refractivity contribution in [1.29, 1.82) is 0 Å². The molecule has 3 saturated heterocycles. The molecule has 43 heavy (non-hydrogen) atoms. The number of likely N-dealkylation sites (tertiary alicyclic amines) is 1. The molecule has 6 atom stereocenters. The van der Waals surface area contributed by atoms with E-state index >= 15 is 0 Å². The Bertz CT molecular complexity index is 1190. The number of allylic oxidation sites excluding steroid dienone is 1. The monoisotopic (exact) mass is 594 g/mol. The van der Waals surface area contributed by atoms with Crippen LogP contribution in [0.4, 0.5) is 0 Å². The average molecular weight is 595 g/mol. The smallest absolute Gasteiger partial charge is 0.312 e. The maximum absolute atomic E-state index is 14.9. The molecular weight excluding hydrogens is 544 g/mol. The van der Waals surface area contributed by atoms with E-state index in [0.29, 0.717) is 31.2 Å². The van der Waals surface area contributed by atoms with Crippen LogP contribution >= 0.6 is 0 Å². The van der Waals surface area contributed by atoms with E-state index in [-0.39, 0.29) is 37.0 Å². The zero-order chi connectivity index (χ0) is 31.6. The van der Waals surface area contributed by atoms with Crippen molar-refractivity contribution in [2.45, 2.75) is 102 Å². The Balaban J connectivity index is 1.77. The molecule has 3 heterocycles. The van der Waals surface area contributed by atoms with Gasteiger partial charge < -0.3 is 24.4 Å². The zero-order valence-corrected chi connectivity index (χ0v) is 26.6. The fraction of sp³-hybridized carbons (Fsp3) is 0.629. The summed E-state index contributed by atoms with van der Waals surface area (Å²) in [7, 11) is 0. The van der Waals surface area contributed by atoms with Crippen molar-refractivity contribution in [3.63, 3.8) is 0 Å². The molecule has 2 bridgehead atoms. The number of esters is 1. The van der Waals surface area contributed by atoms with E-state index in [1.807, 2.05) is 50.3 Å². The lowest BCUT2D eigenvalue weighted by molar-refractivity contribution is -0.158. The molecule has 8 heteroatoms. The third kappa shape index (κ3) is 6.32. The number of ether oxygens (including phenoxy) is 2. The lowest BCUT2D eigenvalue weighted by Gasteiger charge is -2.46. The van der Waals surface area contributed by atoms with E-state index < -0.39 is 47.1 Å². The molecule has 3 aliphatic rings. The lowest BCUT2D eigenvalue weighted by Crippen LogP contribution is -2.61. The van der Waals surface area contributed by atoms with Gasteiger partial charge in [0.15, 0.2) is 0 Å². The van der Waals surface area contributed by atoms with Crippen LogP contribution in [0.15, 0.2) is 55.6 Å². The molecule has 3 aliphatic heterocycles. The quantitative estimate of drug-likeness (QED) is 0.180. The normalized spacial score (nSPS) is 27.1. The Kier molecular flexibility index (Phi) is 9.92. The number of benzene rings is 1. The minimum Gasteiger partial charge on any atom is -0.465 e. The number of hydrogen-bond donors (Lipinski definition) is 1. The number of nitrogens with zero attached hydrogens (tertiary/aromatic N) is 2. The van der Waals surface area contributed by atoms with Crippen LogP contribution in [0.3, 0.4) is 0 Å². The SMILES string of the molecule is C=CCCCCOC(=O)[C@@H]1[C@H]2C(=O)N([C@H](CO)c3ccccc3)C(C(=O)N(CC=C)C(C)(C)CC(C)(C)C)C23CC[C@H]1O3. The molecule has 236 valence electrons. The maximum Gasteiger partial charge on any atom is 0.312 e. The predicted molar refractivity (Wildman–Crippen MR) is 166 cm³/mol. The van der Waals surface area contributed by atoms with Crippen molar-refractivity contribution in [3.8, 4) is 0 Å². The summed E-state index contributed by atoms with van der Waals surface area (Å²) in [6.45, 7) is 18.3. The second-order valence-corrected chi connectivity index (χ2v) is 14.1. The number of hydrogen-bond acceptors (Lipinski definition) is 6. The number of carbonyl (C=O) groups excluding carboxylic acids is 3. The van der Waals surface area contributed by atoms with E-state index in [0.717, 1.165) is 12.8 Å². The summed E-state index contributed by atoms with van der Waals surface area (Å²) in [5.41, 5.74) is -1.12. The average Bonchev–Trinajstić information content (AvgIpc) is 3.58. The maximum atomic E-state index is 14.9. The van der Waals surface area contributed by atoms with Gasteiger partial charge in [-0.15, -0.1) is 13.2 Å². The Hall–Kier alpha value is -2.97. The van der Waals surface area contributed by atoms with Crippen molar-refractivity contribution < 1.29 is 29.0 Å². The van der Waals surface area contributed by atoms with E-state index in [9.17, 15) is 19.5 Å². The van der Waals surface area contributed by atoms with Gasteiger partial charge in [-0.25, -0.2) is 0 Å². The highest BCUT2D eigenvalue weighted by molar-refractivity contribution is 5.98. The van der Waals surface area contributed by atoms with Gasteiger partial charge in [0.25, 0.3) is 0 Å². The van der Waals surface area contributed by atoms with Gasteiger partial charge in [0.05, 0.1) is 37.2 Å². The molecule has 1 aromatic carbocycles. The summed E-state index contributed by atoms with van der Waals surface area (Å²) in [5, 5.41) is 10.7. The number of rotatable bonds is 14. The van der Waals surface area contributed by atoms with Crippen molar-refractivity contribution in [1.82, 2.24) is 9.80 Å². The van der Waals surface area contributed by atoms with Gasteiger partial charge in [-0.05, 0) is 63.4 Å². The van der Waals surface area contributed by atoms with Crippen LogP contribution in [0.2, 0.25) is 0 Å². The van der Waals surface area contributed by atoms with Gasteiger partial charge >= 0.3 is 5.97 Å². The summed E-state index contributed by atoms with van der Waals surface area (Å²) < 4.78 is 12.3. The molecule has 0 saturated carbocycles. The molecule has 1 aromatic rings. The molecular formula is C35H50N2O6. The number of aliphatic hydroxyl groups excluding tert-OH is 1. The number of fused-ring (bicyclic) bond motifs is 1. The van der Waals surface area contributed by atoms with Crippen LogP contribution in [0.25, 0.3) is 0 Å². The molecule has 0 aliphatic carbocycles. The first kappa shape index (κ1) is 32.9. The number of unbranched alkanes of at least 4 members (excludes halogenated alkanes) is 2. The van der Waals surface area contributed by atoms with Crippen LogP contribution in [-0.2, 0) is 23.9 Å². The molecule has 1 N–H and O–H groups in total. The van der Waals surface area contributed by atoms with E-state index in [1.54, 1.807) is 11.0 Å². The summed E-state index contributed by atoms with van der Waals surface area (Å²) in [4.78, 5) is 46.4. The topological polar surface area (TPSA) is 96.4 Å². The standard InChI is InChI=1S/C35H50N2O6/c1-8-10-11-15-21-42-32(41)27-26-18-19-35(43-26)28(27)30(39)37(25(22-38)24-16-13-12-14-17-24)29(35)31(40)36(20-9-2)34(6,7)23-33(3,4)5/h8-9,12-14,16-17,25-29,38H,1-2,10-11,15,18-23H2,3-7H3/t25-,26-,27+,28+,29?,35?/m1/s1. The molecule has 4 rings (SSSR count). The van der Waals surface area contributed by atoms with Crippen LogP contribution in [-0.4, -0.2) is 75.7 Å². The molecule has 2 unspecified atom stereocenters. The summed E-state index contributed by atoms with van der Waals surface area (Å²) in [6.07, 6.45) is 7.18. The van der Waals surface area contributed by atoms with Crippen LogP contribution in [0.1, 0.15) is 84.7 Å². The molecule has 8 nitrogen and oxygen atoms in total. The van der Waals surface area contributed by atoms with Gasteiger partial charge in [-0.1, -0.05) is 63.3 Å². The van der Waals surface area contributed by atoms with Crippen molar-refractivity contribution in [2.24, 2.45) is 17.3 Å². The highest BCUT2D eigenvalue weighted by Gasteiger charge is 2.76. The fourth-order valence-corrected chi connectivity index (χ4v) is 7.97. The second-order valence-electron chi connectivity index (χ2n) is 14.1. The minimum absolute atomic E-state index is 0.0737. The van der Waals surface area contributed by atoms with Crippen LogP contribution in [0.5, 0.6) is 0 Å². The van der Waals surface area contributed by atoms with Gasteiger partial charge in [-0.3, -0.25) is 14.4 Å². The van der Waals surface area contributed by atoms with E-state index in [1.165, 1.54) is 4.90 Å². The third-order valence-electron chi connectivity index (χ3n) is 9.26. The Morgan fingerprint density at radius 1 is 1.16 bits per heavy atom. The van der Waals surface area contributed by atoms with Gasteiger partial charge in [0.2, 0.25) is 11.8 Å². The first-order valence-corrected chi connectivity index (χ1v) is 15.7. The van der Waals surface area contributed by atoms with Gasteiger partial charge in [0.1, 0.15) is 11.6 Å². The first-order chi connectivity index (χ1) is 20.3.